The minimum Gasteiger partial charge on any atom is -0.0530 e. The van der Waals surface area contributed by atoms with E-state index in [1.165, 1.54) is 64.2 Å². The molecule has 0 heterocycles. The van der Waals surface area contributed by atoms with Gasteiger partial charge in [-0.15, -0.1) is 0 Å². The summed E-state index contributed by atoms with van der Waals surface area (Å²) in [5.41, 5.74) is 0. The van der Waals surface area contributed by atoms with E-state index in [0.29, 0.717) is 0 Å². The van der Waals surface area contributed by atoms with E-state index in [1.807, 2.05) is 0 Å². The predicted octanol–water partition coefficient (Wildman–Crippen LogP) is 16.8. The van der Waals surface area contributed by atoms with Crippen LogP contribution >= 0.6 is 0 Å². The van der Waals surface area contributed by atoms with Gasteiger partial charge in [-0.05, 0) is 59.2 Å². The van der Waals surface area contributed by atoms with Crippen LogP contribution in [0.2, 0.25) is 0 Å². The third-order valence-electron chi connectivity index (χ3n) is 17.2. The van der Waals surface area contributed by atoms with Crippen molar-refractivity contribution in [3.8, 4) is 0 Å². The molecular formula is C50H90. The van der Waals surface area contributed by atoms with E-state index in [1.54, 1.807) is 193 Å². The van der Waals surface area contributed by atoms with Gasteiger partial charge >= 0.3 is 0 Å². The maximum Gasteiger partial charge on any atom is -0.0414 e. The first-order valence-electron chi connectivity index (χ1n) is 24.7. The summed E-state index contributed by atoms with van der Waals surface area (Å²) in [6.07, 6.45) is 62.0. The van der Waals surface area contributed by atoms with Crippen molar-refractivity contribution in [1.29, 1.82) is 0 Å². The van der Waals surface area contributed by atoms with Gasteiger partial charge in [-0.3, -0.25) is 0 Å². The number of hydrogen-bond acceptors (Lipinski definition) is 0. The minimum atomic E-state index is 1.12. The molecule has 50 heavy (non-hydrogen) atoms. The summed E-state index contributed by atoms with van der Waals surface area (Å²) in [5, 5.41) is 0. The number of hydrogen-bond donors (Lipinski definition) is 0. The van der Waals surface area contributed by atoms with Crippen LogP contribution in [0.25, 0.3) is 0 Å². The van der Waals surface area contributed by atoms with E-state index in [-0.39, 0.29) is 0 Å². The van der Waals surface area contributed by atoms with E-state index in [9.17, 15) is 0 Å². The molecule has 0 amide bonds. The second kappa shape index (κ2) is 23.0. The number of rotatable bonds is 0. The third-order valence-corrected chi connectivity index (χ3v) is 17.2. The lowest BCUT2D eigenvalue weighted by molar-refractivity contribution is 0.176. The molecule has 0 nitrogen and oxygen atoms in total. The molecule has 10 bridgehead atoms. The smallest absolute Gasteiger partial charge is 0.0414 e. The maximum atomic E-state index is 1.56. The Hall–Kier alpha value is 0. The monoisotopic (exact) mass is 691 g/mol. The van der Waals surface area contributed by atoms with Crippen LogP contribution in [0.3, 0.4) is 0 Å². The molecule has 0 heteroatoms. The number of fused-ring (bicyclic) bond motifs is 20. The first-order valence-corrected chi connectivity index (χ1v) is 24.7. The summed E-state index contributed by atoms with van der Waals surface area (Å²) in [6.45, 7) is 0. The molecule has 0 aromatic heterocycles. The van der Waals surface area contributed by atoms with Crippen molar-refractivity contribution in [2.75, 3.05) is 0 Å². The molecule has 0 aliphatic heterocycles. The van der Waals surface area contributed by atoms with E-state index < -0.39 is 0 Å². The van der Waals surface area contributed by atoms with Crippen molar-refractivity contribution in [2.24, 2.45) is 59.2 Å². The molecule has 0 N–H and O–H groups in total. The Bertz CT molecular complexity index is 708. The fourth-order valence-corrected chi connectivity index (χ4v) is 13.5. The van der Waals surface area contributed by atoms with Crippen molar-refractivity contribution in [3.63, 3.8) is 0 Å². The van der Waals surface area contributed by atoms with Crippen LogP contribution in [0.4, 0.5) is 0 Å². The summed E-state index contributed by atoms with van der Waals surface area (Å²) in [5.74, 6) is 11.3. The van der Waals surface area contributed by atoms with Crippen LogP contribution in [0.1, 0.15) is 257 Å². The van der Waals surface area contributed by atoms with Gasteiger partial charge < -0.3 is 0 Å². The van der Waals surface area contributed by atoms with Crippen molar-refractivity contribution in [2.45, 2.75) is 257 Å². The molecule has 2 atom stereocenters. The van der Waals surface area contributed by atoms with E-state index in [4.69, 9.17) is 0 Å². The van der Waals surface area contributed by atoms with Gasteiger partial charge in [-0.25, -0.2) is 0 Å². The fourth-order valence-electron chi connectivity index (χ4n) is 13.5. The Labute approximate surface area is 315 Å². The van der Waals surface area contributed by atoms with Crippen LogP contribution in [0.15, 0.2) is 0 Å². The molecule has 0 saturated heterocycles. The van der Waals surface area contributed by atoms with Crippen molar-refractivity contribution in [3.05, 3.63) is 0 Å². The lowest BCUT2D eigenvalue weighted by Gasteiger charge is -2.35. The zero-order valence-corrected chi connectivity index (χ0v) is 34.1. The van der Waals surface area contributed by atoms with Crippen molar-refractivity contribution < 1.29 is 0 Å². The van der Waals surface area contributed by atoms with Gasteiger partial charge in [0.25, 0.3) is 0 Å². The molecule has 0 radical (unpaired) electrons. The summed E-state index contributed by atoms with van der Waals surface area (Å²) in [7, 11) is 0. The van der Waals surface area contributed by atoms with Crippen LogP contribution in [0.5, 0.6) is 0 Å². The molecule has 13 aliphatic rings. The SMILES string of the molecule is C1CC2CCC1CC2.C1CC2CCCC(C1)CC2.C1CC2CCCC(C1)CCC2.C1CCC2CCC(C1)CC2.C1CCC2CCCC(C1)CC2. The highest BCUT2D eigenvalue weighted by atomic mass is 14.3. The lowest BCUT2D eigenvalue weighted by atomic mass is 9.71. The Morgan fingerprint density at radius 3 is 0.380 bits per heavy atom. The highest BCUT2D eigenvalue weighted by Gasteiger charge is 2.27. The normalized spacial score (nSPS) is 40.8. The molecule has 0 aromatic rings. The lowest BCUT2D eigenvalue weighted by Crippen LogP contribution is -2.21. The Kier molecular flexibility index (Phi) is 18.3. The Balaban J connectivity index is 0.000000108. The summed E-state index contributed by atoms with van der Waals surface area (Å²) in [6, 6.07) is 0. The zero-order chi connectivity index (χ0) is 34.1. The molecule has 13 saturated carbocycles. The summed E-state index contributed by atoms with van der Waals surface area (Å²) < 4.78 is 0. The van der Waals surface area contributed by atoms with Crippen LogP contribution < -0.4 is 0 Å². The molecule has 2 unspecified atom stereocenters. The van der Waals surface area contributed by atoms with E-state index in [2.05, 4.69) is 0 Å². The average molecular weight is 691 g/mol. The molecule has 0 aromatic carbocycles. The highest BCUT2D eigenvalue weighted by molar-refractivity contribution is 4.80. The average Bonchev–Trinajstić information content (AvgIpc) is 3.53. The second-order valence-corrected chi connectivity index (χ2v) is 20.9. The summed E-state index contributed by atoms with van der Waals surface area (Å²) >= 11 is 0. The Morgan fingerprint density at radius 1 is 0.100 bits per heavy atom. The van der Waals surface area contributed by atoms with Crippen molar-refractivity contribution >= 4 is 0 Å². The third kappa shape index (κ3) is 14.7. The Morgan fingerprint density at radius 2 is 0.200 bits per heavy atom. The van der Waals surface area contributed by atoms with Crippen LogP contribution in [-0.4, -0.2) is 0 Å². The van der Waals surface area contributed by atoms with Crippen LogP contribution in [-0.2, 0) is 0 Å². The fraction of sp³-hybridized carbons (Fsp3) is 1.00. The molecular weight excluding hydrogens is 601 g/mol. The van der Waals surface area contributed by atoms with Gasteiger partial charge in [-0.1, -0.05) is 257 Å². The molecule has 13 aliphatic carbocycles. The van der Waals surface area contributed by atoms with Gasteiger partial charge in [0.05, 0.1) is 0 Å². The van der Waals surface area contributed by atoms with Crippen LogP contribution in [0, 0.1) is 59.2 Å². The second-order valence-electron chi connectivity index (χ2n) is 20.9. The zero-order valence-electron chi connectivity index (χ0n) is 34.1. The maximum absolute atomic E-state index is 1.56. The van der Waals surface area contributed by atoms with E-state index >= 15 is 0 Å². The minimum absolute atomic E-state index is 1.12. The molecule has 0 spiro atoms. The summed E-state index contributed by atoms with van der Waals surface area (Å²) in [4.78, 5) is 0. The van der Waals surface area contributed by atoms with Gasteiger partial charge in [0.2, 0.25) is 0 Å². The quantitative estimate of drug-likeness (QED) is 0.237. The first kappa shape index (κ1) is 39.7. The molecule has 13 rings (SSSR count). The standard InChI is InChI=1S/2C11H20.2C10H18.C8H14/c1-4-10-6-2-7-11(5-1)9-3-8-10;1-2-5-11-7-3-6-10(4-1)8-9-11;1-3-9-5-2-6-10(4-1)8-7-9;1-2-4-10-7-5-9(3-1)6-8-10;1-2-8-5-3-7(1)4-6-8/h2*10-11H,1-9H2;2*9-10H,1-8H2;7-8H,1-6H2. The first-order chi connectivity index (χ1) is 24.7. The predicted molar refractivity (Wildman–Crippen MR) is 220 cm³/mol. The van der Waals surface area contributed by atoms with E-state index in [0.717, 1.165) is 59.2 Å². The van der Waals surface area contributed by atoms with Gasteiger partial charge in [-0.2, -0.15) is 0 Å². The largest absolute Gasteiger partial charge is 0.0530 e. The molecule has 13 fully saturated rings. The van der Waals surface area contributed by atoms with Crippen molar-refractivity contribution in [1.82, 2.24) is 0 Å². The van der Waals surface area contributed by atoms with Gasteiger partial charge in [0.1, 0.15) is 0 Å². The van der Waals surface area contributed by atoms with Gasteiger partial charge in [0.15, 0.2) is 0 Å². The molecule has 290 valence electrons. The van der Waals surface area contributed by atoms with Gasteiger partial charge in [0, 0.05) is 0 Å². The topological polar surface area (TPSA) is 0 Å². The highest BCUT2D eigenvalue weighted by Crippen LogP contribution is 2.41.